The molecular weight excluding hydrogens is 308 g/mol. The van der Waals surface area contributed by atoms with E-state index < -0.39 is 5.97 Å². The molecule has 0 aliphatic rings. The molecule has 0 aromatic carbocycles. The molecule has 2 nitrogen and oxygen atoms in total. The Labute approximate surface area is 72.0 Å². The summed E-state index contributed by atoms with van der Waals surface area (Å²) in [6.45, 7) is 0. The van der Waals surface area contributed by atoms with Crippen molar-refractivity contribution < 1.29 is 8.62 Å². The van der Waals surface area contributed by atoms with Gasteiger partial charge in [-0.05, 0) is 15.9 Å². The van der Waals surface area contributed by atoms with E-state index in [0.717, 1.165) is 0 Å². The molecule has 5 heteroatoms. The number of carbonyl (C=O) groups is 1. The Morgan fingerprint density at radius 3 is 2.25 bits per heavy atom. The van der Waals surface area contributed by atoms with Crippen LogP contribution in [0.4, 0.5) is 0 Å². The fourth-order valence-corrected chi connectivity index (χ4v) is 0.741. The van der Waals surface area contributed by atoms with E-state index in [4.69, 9.17) is 0 Å². The Kier molecular flexibility index (Phi) is 4.89. The van der Waals surface area contributed by atoms with Gasteiger partial charge >= 0.3 is 5.97 Å². The Bertz CT molecular complexity index is 120. The van der Waals surface area contributed by atoms with Crippen LogP contribution < -0.4 is 0 Å². The monoisotopic (exact) mass is 306 g/mol. The molecule has 46 valence electrons. The Morgan fingerprint density at radius 2 is 2.12 bits per heavy atom. The summed E-state index contributed by atoms with van der Waals surface area (Å²) in [5, 5.41) is 0. The largest absolute Gasteiger partial charge is 0.380 e. The van der Waals surface area contributed by atoms with Gasteiger partial charge in [-0.3, -0.25) is 0 Å². The molecule has 0 spiro atoms. The maximum Gasteiger partial charge on any atom is 0.357 e. The van der Waals surface area contributed by atoms with E-state index in [1.54, 1.807) is 0 Å². The van der Waals surface area contributed by atoms with Crippen molar-refractivity contribution in [1.82, 2.24) is 0 Å². The van der Waals surface area contributed by atoms with E-state index in [0.29, 0.717) is 4.48 Å². The van der Waals surface area contributed by atoms with Gasteiger partial charge in [0.1, 0.15) is 4.48 Å². The summed E-state index contributed by atoms with van der Waals surface area (Å²) in [6.07, 6.45) is 0. The summed E-state index contributed by atoms with van der Waals surface area (Å²) in [6, 6.07) is 0. The minimum atomic E-state index is -0.470. The molecule has 0 heterocycles. The molecule has 0 unspecified atom stereocenters. The molecule has 8 heavy (non-hydrogen) atoms. The highest BCUT2D eigenvalue weighted by Crippen LogP contribution is 2.10. The molecule has 0 amide bonds. The summed E-state index contributed by atoms with van der Waals surface area (Å²) in [5.41, 5.74) is 0. The third-order valence-electron chi connectivity index (χ3n) is 0.361. The number of carbonyl (C=O) groups excluding carboxylic acids is 1. The number of hydrogen-bond donors (Lipinski definition) is 0. The minimum absolute atomic E-state index is 0.328. The Hall–Kier alpha value is 0.650. The van der Waals surface area contributed by atoms with Crippen LogP contribution in [0, 0.1) is 0 Å². The first kappa shape index (κ1) is 8.65. The van der Waals surface area contributed by atoms with Crippen molar-refractivity contribution >= 4 is 54.1 Å². The number of hydrogen-bond acceptors (Lipinski definition) is 2. The first-order valence-corrected chi connectivity index (χ1v) is 3.86. The van der Waals surface area contributed by atoms with E-state index in [9.17, 15) is 4.79 Å². The highest BCUT2D eigenvalue weighted by Gasteiger charge is 2.03. The van der Waals surface area contributed by atoms with E-state index in [1.807, 2.05) is 0 Å². The molecule has 0 bridgehead atoms. The third kappa shape index (κ3) is 2.84. The smallest absolute Gasteiger partial charge is 0.357 e. The van der Waals surface area contributed by atoms with Crippen LogP contribution in [0.25, 0.3) is 0 Å². The molecule has 0 rings (SSSR count). The quantitative estimate of drug-likeness (QED) is 0.696. The van der Waals surface area contributed by atoms with Crippen LogP contribution in [0.15, 0.2) is 9.47 Å². The Morgan fingerprint density at radius 1 is 1.62 bits per heavy atom. The SMILES string of the molecule is O=C(OBr)C(Br)=CBr. The highest BCUT2D eigenvalue weighted by atomic mass is 79.9. The zero-order valence-electron chi connectivity index (χ0n) is 3.53. The lowest BCUT2D eigenvalue weighted by Gasteiger charge is -1.88. The molecule has 0 saturated carbocycles. The van der Waals surface area contributed by atoms with Gasteiger partial charge in [0.2, 0.25) is 0 Å². The predicted octanol–water partition coefficient (Wildman–Crippen LogP) is 2.47. The standard InChI is InChI=1S/C3HBr3O2/c4-1-2(5)3(7)8-6/h1H. The molecule has 0 aromatic rings. The van der Waals surface area contributed by atoms with E-state index >= 15 is 0 Å². The van der Waals surface area contributed by atoms with Gasteiger partial charge in [0.25, 0.3) is 0 Å². The van der Waals surface area contributed by atoms with Crippen LogP contribution in [-0.2, 0) is 8.62 Å². The summed E-state index contributed by atoms with van der Waals surface area (Å²) in [5.74, 6) is -0.470. The first-order chi connectivity index (χ1) is 3.72. The number of halogens is 3. The van der Waals surface area contributed by atoms with Crippen molar-refractivity contribution in [2.75, 3.05) is 0 Å². The molecule has 0 fully saturated rings. The van der Waals surface area contributed by atoms with E-state index in [2.05, 4.69) is 51.9 Å². The van der Waals surface area contributed by atoms with Crippen LogP contribution in [0.2, 0.25) is 0 Å². The van der Waals surface area contributed by atoms with Gasteiger partial charge in [0.15, 0.2) is 16.3 Å². The molecular formula is C3HBr3O2. The fraction of sp³-hybridized carbons (Fsp3) is 0. The fourth-order valence-electron chi connectivity index (χ4n) is 0.0814. The highest BCUT2D eigenvalue weighted by molar-refractivity contribution is 9.14. The second kappa shape index (κ2) is 4.52. The maximum atomic E-state index is 10.3. The third-order valence-corrected chi connectivity index (χ3v) is 2.28. The van der Waals surface area contributed by atoms with Crippen molar-refractivity contribution in [3.63, 3.8) is 0 Å². The molecule has 0 atom stereocenters. The van der Waals surface area contributed by atoms with Crippen molar-refractivity contribution in [1.29, 1.82) is 0 Å². The van der Waals surface area contributed by atoms with Crippen LogP contribution in [-0.4, -0.2) is 5.97 Å². The van der Waals surface area contributed by atoms with Crippen molar-refractivity contribution in [2.45, 2.75) is 0 Å². The predicted molar refractivity (Wildman–Crippen MR) is 41.0 cm³/mol. The summed E-state index contributed by atoms with van der Waals surface area (Å²) < 4.78 is 4.46. The van der Waals surface area contributed by atoms with Gasteiger partial charge in [-0.15, -0.1) is 0 Å². The van der Waals surface area contributed by atoms with Gasteiger partial charge in [0, 0.05) is 4.99 Å². The van der Waals surface area contributed by atoms with Gasteiger partial charge in [0.05, 0.1) is 0 Å². The molecule has 0 radical (unpaired) electrons. The van der Waals surface area contributed by atoms with E-state index in [-0.39, 0.29) is 0 Å². The number of rotatable bonds is 1. The lowest BCUT2D eigenvalue weighted by molar-refractivity contribution is -0.127. The zero-order valence-corrected chi connectivity index (χ0v) is 8.29. The van der Waals surface area contributed by atoms with Crippen LogP contribution >= 0.6 is 48.1 Å². The first-order valence-electron chi connectivity index (χ1n) is 1.51. The van der Waals surface area contributed by atoms with Gasteiger partial charge in [-0.25, -0.2) is 4.79 Å². The topological polar surface area (TPSA) is 26.3 Å². The minimum Gasteiger partial charge on any atom is -0.380 e. The lowest BCUT2D eigenvalue weighted by atomic mass is 10.7. The van der Waals surface area contributed by atoms with Crippen molar-refractivity contribution in [2.24, 2.45) is 0 Å². The maximum absolute atomic E-state index is 10.3. The zero-order chi connectivity index (χ0) is 6.57. The van der Waals surface area contributed by atoms with Gasteiger partial charge in [-0.2, -0.15) is 0 Å². The molecule has 0 aromatic heterocycles. The van der Waals surface area contributed by atoms with Crippen LogP contribution in [0.1, 0.15) is 0 Å². The van der Waals surface area contributed by atoms with Crippen molar-refractivity contribution in [3.05, 3.63) is 9.47 Å². The summed E-state index contributed by atoms with van der Waals surface area (Å²) in [7, 11) is 0. The molecule has 0 aliphatic carbocycles. The summed E-state index contributed by atoms with van der Waals surface area (Å²) >= 11 is 8.35. The summed E-state index contributed by atoms with van der Waals surface area (Å²) in [4.78, 5) is 11.7. The molecule has 0 saturated heterocycles. The second-order valence-electron chi connectivity index (χ2n) is 0.822. The van der Waals surface area contributed by atoms with E-state index in [1.165, 1.54) is 4.99 Å². The van der Waals surface area contributed by atoms with Crippen LogP contribution in [0.5, 0.6) is 0 Å². The average molecular weight is 309 g/mol. The second-order valence-corrected chi connectivity index (χ2v) is 2.46. The van der Waals surface area contributed by atoms with Gasteiger partial charge in [-0.1, -0.05) is 15.9 Å². The average Bonchev–Trinajstić information content (AvgIpc) is 1.84. The normalized spacial score (nSPS) is 11.1. The molecule has 0 aliphatic heterocycles. The van der Waals surface area contributed by atoms with Crippen molar-refractivity contribution in [3.8, 4) is 0 Å². The molecule has 0 N–H and O–H groups in total. The van der Waals surface area contributed by atoms with Crippen LogP contribution in [0.3, 0.4) is 0 Å². The van der Waals surface area contributed by atoms with Gasteiger partial charge < -0.3 is 3.83 Å². The lowest BCUT2D eigenvalue weighted by Crippen LogP contribution is -1.93. The Balaban J connectivity index is 3.83.